The summed E-state index contributed by atoms with van der Waals surface area (Å²) in [6.45, 7) is 4.56. The average molecular weight is 299 g/mol. The molecule has 1 N–H and O–H groups in total. The van der Waals surface area contributed by atoms with Gasteiger partial charge >= 0.3 is 5.69 Å². The van der Waals surface area contributed by atoms with E-state index in [2.05, 4.69) is 11.9 Å². The van der Waals surface area contributed by atoms with Crippen molar-refractivity contribution < 1.29 is 10.0 Å². The Morgan fingerprint density at radius 2 is 2.40 bits per heavy atom. The van der Waals surface area contributed by atoms with E-state index in [0.29, 0.717) is 15.8 Å². The molecule has 7 heteroatoms. The van der Waals surface area contributed by atoms with Crippen LogP contribution in [-0.2, 0) is 0 Å². The second kappa shape index (κ2) is 6.07. The molecule has 0 saturated carbocycles. The van der Waals surface area contributed by atoms with Crippen LogP contribution in [0, 0.1) is 16.0 Å². The summed E-state index contributed by atoms with van der Waals surface area (Å²) in [5, 5.41) is 21.4. The maximum absolute atomic E-state index is 11.1. The highest BCUT2D eigenvalue weighted by molar-refractivity contribution is 7.16. The fourth-order valence-corrected chi connectivity index (χ4v) is 3.68. The summed E-state index contributed by atoms with van der Waals surface area (Å²) in [7, 11) is 3.99. The van der Waals surface area contributed by atoms with Gasteiger partial charge in [-0.25, -0.2) is 0 Å². The number of rotatable bonds is 5. The quantitative estimate of drug-likeness (QED) is 0.666. The Balaban J connectivity index is 2.15. The Hall–Kier alpha value is -1.18. The topological polar surface area (TPSA) is 69.8 Å². The van der Waals surface area contributed by atoms with Crippen LogP contribution in [0.1, 0.15) is 24.3 Å². The highest BCUT2D eigenvalue weighted by Gasteiger charge is 2.27. The van der Waals surface area contributed by atoms with E-state index in [1.54, 1.807) is 6.92 Å². The second-order valence-electron chi connectivity index (χ2n) is 5.57. The molecule has 0 bridgehead atoms. The Morgan fingerprint density at radius 3 is 2.90 bits per heavy atom. The first-order chi connectivity index (χ1) is 9.38. The lowest BCUT2D eigenvalue weighted by Crippen LogP contribution is -2.27. The standard InChI is InChI=1S/C13H21N3O3S/c1-9(17)12-6-11(16(18)19)13(20-12)15(3)8-10-4-5-14(2)7-10/h6,9-10,17H,4-5,7-8H2,1-3H3/t9-,10?/m0/s1. The minimum Gasteiger partial charge on any atom is -0.388 e. The van der Waals surface area contributed by atoms with Gasteiger partial charge in [-0.15, -0.1) is 11.3 Å². The monoisotopic (exact) mass is 299 g/mol. The van der Waals surface area contributed by atoms with Crippen LogP contribution in [0.2, 0.25) is 0 Å². The number of thiophene rings is 1. The van der Waals surface area contributed by atoms with E-state index in [1.807, 2.05) is 11.9 Å². The van der Waals surface area contributed by atoms with Crippen LogP contribution in [0.4, 0.5) is 10.7 Å². The van der Waals surface area contributed by atoms with Gasteiger partial charge in [-0.3, -0.25) is 10.1 Å². The molecular weight excluding hydrogens is 278 g/mol. The molecule has 1 saturated heterocycles. The molecule has 1 aromatic rings. The summed E-state index contributed by atoms with van der Waals surface area (Å²) in [6, 6.07) is 1.49. The summed E-state index contributed by atoms with van der Waals surface area (Å²) in [5.74, 6) is 0.543. The van der Waals surface area contributed by atoms with Gasteiger partial charge in [-0.05, 0) is 32.9 Å². The molecule has 0 spiro atoms. The number of hydrogen-bond acceptors (Lipinski definition) is 6. The second-order valence-corrected chi connectivity index (χ2v) is 6.63. The van der Waals surface area contributed by atoms with Gasteiger partial charge in [0.2, 0.25) is 0 Å². The SMILES string of the molecule is C[C@H](O)c1cc([N+](=O)[O-])c(N(C)CC2CCN(C)C2)s1. The molecule has 1 aliphatic heterocycles. The van der Waals surface area contributed by atoms with Gasteiger partial charge in [-0.2, -0.15) is 0 Å². The van der Waals surface area contributed by atoms with Gasteiger partial charge < -0.3 is 14.9 Å². The summed E-state index contributed by atoms with van der Waals surface area (Å²) >= 11 is 1.31. The molecule has 1 aromatic heterocycles. The molecule has 0 radical (unpaired) electrons. The van der Waals surface area contributed by atoms with E-state index >= 15 is 0 Å². The van der Waals surface area contributed by atoms with Gasteiger partial charge in [0, 0.05) is 31.1 Å². The van der Waals surface area contributed by atoms with E-state index in [4.69, 9.17) is 0 Å². The fraction of sp³-hybridized carbons (Fsp3) is 0.692. The molecule has 6 nitrogen and oxygen atoms in total. The fourth-order valence-electron chi connectivity index (χ4n) is 2.65. The average Bonchev–Trinajstić information content (AvgIpc) is 2.95. The zero-order valence-electron chi connectivity index (χ0n) is 12.1. The molecule has 20 heavy (non-hydrogen) atoms. The number of aliphatic hydroxyl groups is 1. The van der Waals surface area contributed by atoms with E-state index in [-0.39, 0.29) is 10.6 Å². The van der Waals surface area contributed by atoms with Crippen molar-refractivity contribution in [3.63, 3.8) is 0 Å². The molecule has 112 valence electrons. The zero-order valence-corrected chi connectivity index (χ0v) is 12.9. The van der Waals surface area contributed by atoms with Crippen LogP contribution in [0.15, 0.2) is 6.07 Å². The van der Waals surface area contributed by atoms with Crippen molar-refractivity contribution in [2.45, 2.75) is 19.4 Å². The van der Waals surface area contributed by atoms with Gasteiger partial charge in [0.05, 0.1) is 11.0 Å². The lowest BCUT2D eigenvalue weighted by Gasteiger charge is -2.21. The molecule has 1 unspecified atom stereocenters. The van der Waals surface area contributed by atoms with Crippen molar-refractivity contribution in [2.75, 3.05) is 38.6 Å². The summed E-state index contributed by atoms with van der Waals surface area (Å²) < 4.78 is 0. The number of likely N-dealkylation sites (tertiary alicyclic amines) is 1. The molecule has 0 aromatic carbocycles. The molecule has 2 rings (SSSR count). The van der Waals surface area contributed by atoms with Crippen molar-refractivity contribution in [3.8, 4) is 0 Å². The number of nitrogens with zero attached hydrogens (tertiary/aromatic N) is 3. The Kier molecular flexibility index (Phi) is 4.62. The number of hydrogen-bond donors (Lipinski definition) is 1. The molecule has 0 aliphatic carbocycles. The van der Waals surface area contributed by atoms with Gasteiger partial charge in [0.25, 0.3) is 0 Å². The third-order valence-electron chi connectivity index (χ3n) is 3.69. The molecule has 2 heterocycles. The lowest BCUT2D eigenvalue weighted by atomic mass is 10.1. The minimum absolute atomic E-state index is 0.0970. The van der Waals surface area contributed by atoms with E-state index < -0.39 is 6.10 Å². The molecule has 1 fully saturated rings. The third-order valence-corrected chi connectivity index (χ3v) is 5.10. The van der Waals surface area contributed by atoms with Crippen LogP contribution >= 0.6 is 11.3 Å². The van der Waals surface area contributed by atoms with Gasteiger partial charge in [-0.1, -0.05) is 0 Å². The van der Waals surface area contributed by atoms with Crippen LogP contribution in [0.5, 0.6) is 0 Å². The van der Waals surface area contributed by atoms with Crippen LogP contribution in [-0.4, -0.2) is 48.7 Å². The first kappa shape index (κ1) is 15.2. The largest absolute Gasteiger partial charge is 0.388 e. The Bertz CT molecular complexity index is 489. The maximum atomic E-state index is 11.1. The van der Waals surface area contributed by atoms with Crippen molar-refractivity contribution in [3.05, 3.63) is 21.1 Å². The molecule has 0 amide bonds. The van der Waals surface area contributed by atoms with Crippen LogP contribution in [0.25, 0.3) is 0 Å². The van der Waals surface area contributed by atoms with Crippen LogP contribution in [0.3, 0.4) is 0 Å². The highest BCUT2D eigenvalue weighted by atomic mass is 32.1. The maximum Gasteiger partial charge on any atom is 0.304 e. The normalized spacial score (nSPS) is 21.1. The van der Waals surface area contributed by atoms with Crippen molar-refractivity contribution in [2.24, 2.45) is 5.92 Å². The smallest absolute Gasteiger partial charge is 0.304 e. The summed E-state index contributed by atoms with van der Waals surface area (Å²) in [4.78, 5) is 15.7. The molecular formula is C13H21N3O3S. The van der Waals surface area contributed by atoms with E-state index in [9.17, 15) is 15.2 Å². The van der Waals surface area contributed by atoms with Crippen LogP contribution < -0.4 is 4.90 Å². The predicted molar refractivity (Wildman–Crippen MR) is 80.5 cm³/mol. The molecule has 1 aliphatic rings. The number of nitro groups is 1. The molecule has 2 atom stereocenters. The zero-order chi connectivity index (χ0) is 14.9. The predicted octanol–water partition coefficient (Wildman–Crippen LogP) is 2.10. The van der Waals surface area contributed by atoms with E-state index in [1.165, 1.54) is 17.4 Å². The lowest BCUT2D eigenvalue weighted by molar-refractivity contribution is -0.383. The Morgan fingerprint density at radius 1 is 1.70 bits per heavy atom. The van der Waals surface area contributed by atoms with Gasteiger partial charge in [0.1, 0.15) is 0 Å². The van der Waals surface area contributed by atoms with Crippen molar-refractivity contribution in [1.82, 2.24) is 4.90 Å². The first-order valence-electron chi connectivity index (χ1n) is 6.74. The Labute approximate surface area is 122 Å². The van der Waals surface area contributed by atoms with Crippen molar-refractivity contribution >= 4 is 22.0 Å². The number of aliphatic hydroxyl groups excluding tert-OH is 1. The van der Waals surface area contributed by atoms with Crippen molar-refractivity contribution in [1.29, 1.82) is 0 Å². The van der Waals surface area contributed by atoms with E-state index in [0.717, 1.165) is 26.1 Å². The third kappa shape index (κ3) is 3.28. The summed E-state index contributed by atoms with van der Waals surface area (Å²) in [6.07, 6.45) is 0.460. The summed E-state index contributed by atoms with van der Waals surface area (Å²) in [5.41, 5.74) is 0.0970. The number of anilines is 1. The highest BCUT2D eigenvalue weighted by Crippen LogP contribution is 2.40. The van der Waals surface area contributed by atoms with Gasteiger partial charge in [0.15, 0.2) is 5.00 Å². The minimum atomic E-state index is -0.668. The first-order valence-corrected chi connectivity index (χ1v) is 7.56.